The molecule has 0 radical (unpaired) electrons. The number of aromatic nitrogens is 1. The highest BCUT2D eigenvalue weighted by Crippen LogP contribution is 2.42. The Morgan fingerprint density at radius 1 is 1.27 bits per heavy atom. The van der Waals surface area contributed by atoms with Gasteiger partial charge in [-0.1, -0.05) is 0 Å². The van der Waals surface area contributed by atoms with Gasteiger partial charge in [0.05, 0.1) is 11.0 Å². The molecule has 0 unspecified atom stereocenters. The van der Waals surface area contributed by atoms with E-state index in [4.69, 9.17) is 0 Å². The summed E-state index contributed by atoms with van der Waals surface area (Å²) in [5.41, 5.74) is -0.756. The number of pyridine rings is 1. The number of amides is 1. The number of anilines is 1. The highest BCUT2D eigenvalue weighted by atomic mass is 19.4. The van der Waals surface area contributed by atoms with Crippen LogP contribution in [0.15, 0.2) is 12.3 Å². The summed E-state index contributed by atoms with van der Waals surface area (Å²) in [5, 5.41) is 3.24. The molecular weight excluding hydrogens is 295 g/mol. The summed E-state index contributed by atoms with van der Waals surface area (Å²) in [6, 6.07) is 1.06. The Kier molecular flexibility index (Phi) is 3.63. The van der Waals surface area contributed by atoms with Gasteiger partial charge < -0.3 is 5.32 Å². The molecule has 3 heterocycles. The van der Waals surface area contributed by atoms with E-state index in [0.29, 0.717) is 17.9 Å². The van der Waals surface area contributed by atoms with E-state index in [9.17, 15) is 18.0 Å². The second kappa shape index (κ2) is 5.22. The number of hydrogen-bond donors (Lipinski definition) is 1. The number of carbonyl (C=O) groups excluding carboxylic acids is 1. The monoisotopic (exact) mass is 313 g/mol. The van der Waals surface area contributed by atoms with E-state index in [-0.39, 0.29) is 11.3 Å². The number of nitrogens with one attached hydrogen (secondary N) is 1. The summed E-state index contributed by atoms with van der Waals surface area (Å²) in [6.45, 7) is 3.70. The number of aryl methyl sites for hydroxylation is 1. The molecule has 0 bridgehead atoms. The molecule has 2 aliphatic heterocycles. The third kappa shape index (κ3) is 2.47. The Hall–Kier alpha value is -1.63. The summed E-state index contributed by atoms with van der Waals surface area (Å²) in [5.74, 6) is 0.359. The van der Waals surface area contributed by atoms with Gasteiger partial charge >= 0.3 is 6.18 Å². The zero-order valence-corrected chi connectivity index (χ0v) is 12.3. The molecule has 7 heteroatoms. The minimum atomic E-state index is -4.42. The molecule has 22 heavy (non-hydrogen) atoms. The van der Waals surface area contributed by atoms with Gasteiger partial charge in [0.1, 0.15) is 5.82 Å². The average Bonchev–Trinajstić information content (AvgIpc) is 2.76. The minimum absolute atomic E-state index is 0.00404. The van der Waals surface area contributed by atoms with E-state index in [1.165, 1.54) is 0 Å². The van der Waals surface area contributed by atoms with Crippen LogP contribution in [0.3, 0.4) is 0 Å². The van der Waals surface area contributed by atoms with Crippen LogP contribution >= 0.6 is 0 Å². The van der Waals surface area contributed by atoms with Gasteiger partial charge in [0.25, 0.3) is 0 Å². The second-order valence-corrected chi connectivity index (χ2v) is 6.10. The van der Waals surface area contributed by atoms with Crippen LogP contribution in [-0.2, 0) is 11.0 Å². The van der Waals surface area contributed by atoms with Gasteiger partial charge in [-0.05, 0) is 50.9 Å². The first-order valence-electron chi connectivity index (χ1n) is 7.40. The van der Waals surface area contributed by atoms with Crippen LogP contribution in [0.5, 0.6) is 0 Å². The number of piperidine rings is 1. The molecule has 1 aromatic rings. The Bertz CT molecular complexity index is 594. The number of nitrogens with zero attached hydrogens (tertiary/aromatic N) is 2. The first-order valence-corrected chi connectivity index (χ1v) is 7.40. The van der Waals surface area contributed by atoms with Crippen LogP contribution in [0.4, 0.5) is 19.0 Å². The Morgan fingerprint density at radius 3 is 2.55 bits per heavy atom. The number of hydrogen-bond acceptors (Lipinski definition) is 3. The molecule has 2 fully saturated rings. The van der Waals surface area contributed by atoms with Crippen molar-refractivity contribution in [2.24, 2.45) is 5.41 Å². The van der Waals surface area contributed by atoms with E-state index in [2.05, 4.69) is 10.3 Å². The summed E-state index contributed by atoms with van der Waals surface area (Å²) >= 11 is 0. The summed E-state index contributed by atoms with van der Waals surface area (Å²) < 4.78 is 38.1. The van der Waals surface area contributed by atoms with Crippen LogP contribution in [0.2, 0.25) is 0 Å². The standard InChI is InChI=1S/C15H18F3N3O/c1-10-8-11(15(16,17)18)9-20-12(10)21-7-4-14(13(21)22)2-5-19-6-3-14/h8-9,19H,2-7H2,1H3. The fourth-order valence-corrected chi connectivity index (χ4v) is 3.40. The first-order chi connectivity index (χ1) is 10.3. The summed E-state index contributed by atoms with van der Waals surface area (Å²) in [4.78, 5) is 18.2. The smallest absolute Gasteiger partial charge is 0.317 e. The van der Waals surface area contributed by atoms with E-state index >= 15 is 0 Å². The van der Waals surface area contributed by atoms with Gasteiger partial charge in [-0.15, -0.1) is 0 Å². The fourth-order valence-electron chi connectivity index (χ4n) is 3.40. The van der Waals surface area contributed by atoms with Gasteiger partial charge in [-0.25, -0.2) is 4.98 Å². The van der Waals surface area contributed by atoms with E-state index < -0.39 is 11.7 Å². The molecule has 1 N–H and O–H groups in total. The molecule has 1 amide bonds. The predicted molar refractivity (Wildman–Crippen MR) is 75.5 cm³/mol. The third-order valence-electron chi connectivity index (χ3n) is 4.71. The van der Waals surface area contributed by atoms with Crippen molar-refractivity contribution in [2.45, 2.75) is 32.4 Å². The topological polar surface area (TPSA) is 45.2 Å². The zero-order chi connectivity index (χ0) is 16.0. The van der Waals surface area contributed by atoms with Crippen LogP contribution < -0.4 is 10.2 Å². The number of halogens is 3. The highest BCUT2D eigenvalue weighted by molar-refractivity contribution is 5.99. The number of alkyl halides is 3. The van der Waals surface area contributed by atoms with Gasteiger partial charge in [-0.2, -0.15) is 13.2 Å². The molecule has 1 spiro atoms. The molecule has 2 saturated heterocycles. The molecular formula is C15H18F3N3O. The lowest BCUT2D eigenvalue weighted by Gasteiger charge is -2.32. The van der Waals surface area contributed by atoms with Crippen molar-refractivity contribution in [3.05, 3.63) is 23.4 Å². The lowest BCUT2D eigenvalue weighted by molar-refractivity contribution is -0.137. The first kappa shape index (κ1) is 15.3. The van der Waals surface area contributed by atoms with Gasteiger partial charge in [-0.3, -0.25) is 9.69 Å². The van der Waals surface area contributed by atoms with Crippen molar-refractivity contribution >= 4 is 11.7 Å². The highest BCUT2D eigenvalue weighted by Gasteiger charge is 2.48. The van der Waals surface area contributed by atoms with Crippen LogP contribution in [-0.4, -0.2) is 30.5 Å². The third-order valence-corrected chi connectivity index (χ3v) is 4.71. The van der Waals surface area contributed by atoms with Crippen LogP contribution in [0, 0.1) is 12.3 Å². The summed E-state index contributed by atoms with van der Waals surface area (Å²) in [7, 11) is 0. The normalized spacial score (nSPS) is 21.6. The van der Waals surface area contributed by atoms with Crippen molar-refractivity contribution in [3.8, 4) is 0 Å². The average molecular weight is 313 g/mol. The second-order valence-electron chi connectivity index (χ2n) is 6.10. The Balaban J connectivity index is 1.88. The van der Waals surface area contributed by atoms with E-state index in [1.54, 1.807) is 11.8 Å². The maximum Gasteiger partial charge on any atom is 0.417 e. The zero-order valence-electron chi connectivity index (χ0n) is 12.3. The largest absolute Gasteiger partial charge is 0.417 e. The lowest BCUT2D eigenvalue weighted by atomic mass is 9.78. The summed E-state index contributed by atoms with van der Waals surface area (Å²) in [6.07, 6.45) is -1.30. The van der Waals surface area contributed by atoms with Crippen molar-refractivity contribution < 1.29 is 18.0 Å². The number of carbonyl (C=O) groups is 1. The van der Waals surface area contributed by atoms with Crippen molar-refractivity contribution in [1.82, 2.24) is 10.3 Å². The lowest BCUT2D eigenvalue weighted by Crippen LogP contribution is -2.43. The van der Waals surface area contributed by atoms with Crippen molar-refractivity contribution in [1.29, 1.82) is 0 Å². The quantitative estimate of drug-likeness (QED) is 0.866. The Morgan fingerprint density at radius 2 is 1.95 bits per heavy atom. The molecule has 2 aliphatic rings. The molecule has 0 atom stereocenters. The molecule has 120 valence electrons. The SMILES string of the molecule is Cc1cc(C(F)(F)F)cnc1N1CCC2(CCNCC2)C1=O. The maximum absolute atomic E-state index is 12.8. The van der Waals surface area contributed by atoms with Crippen LogP contribution in [0.1, 0.15) is 30.4 Å². The minimum Gasteiger partial charge on any atom is -0.317 e. The fraction of sp³-hybridized carbons (Fsp3) is 0.600. The molecule has 0 aliphatic carbocycles. The number of rotatable bonds is 1. The van der Waals surface area contributed by atoms with Crippen molar-refractivity contribution in [2.75, 3.05) is 24.5 Å². The van der Waals surface area contributed by atoms with Crippen molar-refractivity contribution in [3.63, 3.8) is 0 Å². The van der Waals surface area contributed by atoms with Gasteiger partial charge in [0.15, 0.2) is 0 Å². The van der Waals surface area contributed by atoms with Gasteiger partial charge in [0.2, 0.25) is 5.91 Å². The molecule has 0 aromatic carbocycles. The van der Waals surface area contributed by atoms with E-state index in [0.717, 1.165) is 44.6 Å². The van der Waals surface area contributed by atoms with Crippen LogP contribution in [0.25, 0.3) is 0 Å². The van der Waals surface area contributed by atoms with Gasteiger partial charge in [0, 0.05) is 12.7 Å². The maximum atomic E-state index is 12.8. The predicted octanol–water partition coefficient (Wildman–Crippen LogP) is 2.52. The van der Waals surface area contributed by atoms with E-state index in [1.807, 2.05) is 0 Å². The Labute approximate surface area is 126 Å². The molecule has 1 aromatic heterocycles. The molecule has 4 nitrogen and oxygen atoms in total. The molecule has 3 rings (SSSR count). The molecule has 0 saturated carbocycles.